The van der Waals surface area contributed by atoms with Gasteiger partial charge in [-0.3, -0.25) is 9.48 Å². The Bertz CT molecular complexity index is 1280. The predicted octanol–water partition coefficient (Wildman–Crippen LogP) is 5.46. The number of nitrogens with zero attached hydrogens (tertiary/aromatic N) is 3. The van der Waals surface area contributed by atoms with Crippen LogP contribution in [0.4, 0.5) is 8.78 Å². The second-order valence-electron chi connectivity index (χ2n) is 10.3. The number of aromatic nitrogens is 2. The van der Waals surface area contributed by atoms with E-state index >= 15 is 0 Å². The maximum atomic E-state index is 13.7. The summed E-state index contributed by atoms with van der Waals surface area (Å²) < 4.78 is 35.2. The fraction of sp³-hybridized carbons (Fsp3) is 0.407. The minimum atomic E-state index is -0.393. The van der Waals surface area contributed by atoms with Gasteiger partial charge in [-0.2, -0.15) is 5.10 Å². The van der Waals surface area contributed by atoms with Crippen LogP contribution >= 0.6 is 0 Å². The van der Waals surface area contributed by atoms with Crippen LogP contribution in [0, 0.1) is 30.9 Å². The summed E-state index contributed by atoms with van der Waals surface area (Å²) >= 11 is 0. The number of halogens is 2. The van der Waals surface area contributed by atoms with Crippen LogP contribution in [-0.4, -0.2) is 39.8 Å². The van der Waals surface area contributed by atoms with Crippen LogP contribution in [-0.2, 0) is 0 Å². The summed E-state index contributed by atoms with van der Waals surface area (Å²) in [5.74, 6) is -0.372. The lowest BCUT2D eigenvalue weighted by Gasteiger charge is -2.59. The van der Waals surface area contributed by atoms with Gasteiger partial charge in [-0.15, -0.1) is 0 Å². The molecule has 2 saturated carbocycles. The fourth-order valence-corrected chi connectivity index (χ4v) is 5.54. The van der Waals surface area contributed by atoms with Gasteiger partial charge in [0.25, 0.3) is 5.91 Å². The number of likely N-dealkylation sites (tertiary alicyclic amines) is 1. The van der Waals surface area contributed by atoms with Gasteiger partial charge in [0.15, 0.2) is 0 Å². The van der Waals surface area contributed by atoms with Gasteiger partial charge in [-0.25, -0.2) is 8.78 Å². The van der Waals surface area contributed by atoms with Crippen molar-refractivity contribution in [3.8, 4) is 17.0 Å². The molecule has 7 heteroatoms. The fourth-order valence-electron chi connectivity index (χ4n) is 5.54. The Morgan fingerprint density at radius 3 is 2.44 bits per heavy atom. The third-order valence-electron chi connectivity index (χ3n) is 7.44. The number of ether oxygens (including phenoxy) is 1. The topological polar surface area (TPSA) is 47.4 Å². The minimum Gasteiger partial charge on any atom is -0.489 e. The van der Waals surface area contributed by atoms with Gasteiger partial charge in [-0.1, -0.05) is 0 Å². The van der Waals surface area contributed by atoms with Gasteiger partial charge < -0.3 is 9.64 Å². The highest BCUT2D eigenvalue weighted by atomic mass is 19.1. The molecule has 5 nitrogen and oxygen atoms in total. The first-order valence-electron chi connectivity index (χ1n) is 11.9. The van der Waals surface area contributed by atoms with Crippen LogP contribution in [0.5, 0.6) is 5.75 Å². The van der Waals surface area contributed by atoms with Crippen molar-refractivity contribution in [2.45, 2.75) is 51.7 Å². The van der Waals surface area contributed by atoms with Gasteiger partial charge in [0, 0.05) is 30.1 Å². The van der Waals surface area contributed by atoms with Crippen LogP contribution in [0.1, 0.15) is 53.2 Å². The van der Waals surface area contributed by atoms with E-state index in [2.05, 4.69) is 9.78 Å². The Morgan fingerprint density at radius 1 is 1.03 bits per heavy atom. The highest BCUT2D eigenvalue weighted by molar-refractivity contribution is 5.97. The SMILES string of the molecule is Cc1cc(F)ccc1-c1c(C)cnn1C1CC2(C1)CN(C(=O)c1ccc(F)cc1OC1CC1)C2. The van der Waals surface area contributed by atoms with Crippen LogP contribution in [0.15, 0.2) is 42.6 Å². The van der Waals surface area contributed by atoms with E-state index in [1.807, 2.05) is 31.0 Å². The van der Waals surface area contributed by atoms with Crippen molar-refractivity contribution >= 4 is 5.91 Å². The molecule has 176 valence electrons. The summed E-state index contributed by atoms with van der Waals surface area (Å²) in [4.78, 5) is 15.0. The summed E-state index contributed by atoms with van der Waals surface area (Å²) in [5, 5.41) is 4.65. The third kappa shape index (κ3) is 3.58. The van der Waals surface area contributed by atoms with Gasteiger partial charge in [0.05, 0.1) is 29.6 Å². The van der Waals surface area contributed by atoms with E-state index in [-0.39, 0.29) is 29.3 Å². The summed E-state index contributed by atoms with van der Waals surface area (Å²) in [6.45, 7) is 5.33. The first kappa shape index (κ1) is 21.3. The predicted molar refractivity (Wildman–Crippen MR) is 124 cm³/mol. The Balaban J connectivity index is 1.15. The van der Waals surface area contributed by atoms with Crippen LogP contribution in [0.2, 0.25) is 0 Å². The lowest BCUT2D eigenvalue weighted by atomic mass is 9.60. The van der Waals surface area contributed by atoms with Gasteiger partial charge in [0.1, 0.15) is 17.4 Å². The standard InChI is InChI=1S/C27H27F2N3O2/c1-16-9-18(28)3-7-22(16)25-17(2)13-30-32(25)20-11-27(12-20)14-31(15-27)26(33)23-8-4-19(29)10-24(23)34-21-5-6-21/h3-4,7-10,13,20-21H,5-6,11-12,14-15H2,1-2H3. The molecule has 1 aromatic heterocycles. The van der Waals surface area contributed by atoms with E-state index in [9.17, 15) is 13.6 Å². The molecule has 2 aliphatic carbocycles. The summed E-state index contributed by atoms with van der Waals surface area (Å²) in [6.07, 6.45) is 5.75. The Morgan fingerprint density at radius 2 is 1.74 bits per heavy atom. The monoisotopic (exact) mass is 463 g/mol. The van der Waals surface area contributed by atoms with Crippen molar-refractivity contribution in [3.63, 3.8) is 0 Å². The molecule has 2 heterocycles. The zero-order valence-corrected chi connectivity index (χ0v) is 19.4. The summed E-state index contributed by atoms with van der Waals surface area (Å²) in [5.41, 5.74) is 4.55. The molecular formula is C27H27F2N3O2. The Labute approximate surface area is 197 Å². The lowest BCUT2D eigenvalue weighted by molar-refractivity contribution is -0.0735. The first-order valence-corrected chi connectivity index (χ1v) is 11.9. The van der Waals surface area contributed by atoms with E-state index in [1.165, 1.54) is 24.3 Å². The number of hydrogen-bond donors (Lipinski definition) is 0. The Hall–Kier alpha value is -3.22. The number of carbonyl (C=O) groups excluding carboxylic acids is 1. The van der Waals surface area contributed by atoms with E-state index < -0.39 is 5.82 Å². The molecule has 0 bridgehead atoms. The number of aryl methyl sites for hydroxylation is 2. The van der Waals surface area contributed by atoms with Gasteiger partial charge in [0.2, 0.25) is 0 Å². The molecule has 0 N–H and O–H groups in total. The molecule has 1 saturated heterocycles. The van der Waals surface area contributed by atoms with E-state index in [0.29, 0.717) is 24.4 Å². The number of amides is 1. The van der Waals surface area contributed by atoms with E-state index in [0.717, 1.165) is 48.1 Å². The average molecular weight is 464 g/mol. The molecule has 34 heavy (non-hydrogen) atoms. The summed E-state index contributed by atoms with van der Waals surface area (Å²) in [6, 6.07) is 9.31. The van der Waals surface area contributed by atoms with Crippen molar-refractivity contribution in [1.29, 1.82) is 0 Å². The Kier molecular flexibility index (Phi) is 4.80. The second kappa shape index (κ2) is 7.65. The maximum Gasteiger partial charge on any atom is 0.257 e. The summed E-state index contributed by atoms with van der Waals surface area (Å²) in [7, 11) is 0. The maximum absolute atomic E-state index is 13.7. The average Bonchev–Trinajstić information content (AvgIpc) is 3.47. The molecule has 1 aliphatic heterocycles. The molecule has 2 aromatic carbocycles. The highest BCUT2D eigenvalue weighted by Gasteiger charge is 2.55. The lowest BCUT2D eigenvalue weighted by Crippen LogP contribution is -2.63. The van der Waals surface area contributed by atoms with Crippen LogP contribution in [0.3, 0.4) is 0 Å². The van der Waals surface area contributed by atoms with Crippen molar-refractivity contribution in [2.24, 2.45) is 5.41 Å². The molecule has 6 rings (SSSR count). The zero-order chi connectivity index (χ0) is 23.6. The molecule has 3 fully saturated rings. The number of benzene rings is 2. The molecule has 3 aromatic rings. The van der Waals surface area contributed by atoms with E-state index in [4.69, 9.17) is 4.74 Å². The van der Waals surface area contributed by atoms with Crippen LogP contribution in [0.25, 0.3) is 11.3 Å². The molecule has 0 radical (unpaired) electrons. The number of rotatable bonds is 5. The van der Waals surface area contributed by atoms with Crippen molar-refractivity contribution in [2.75, 3.05) is 13.1 Å². The zero-order valence-electron chi connectivity index (χ0n) is 19.4. The quantitative estimate of drug-likeness (QED) is 0.505. The minimum absolute atomic E-state index is 0.0951. The largest absolute Gasteiger partial charge is 0.489 e. The molecular weight excluding hydrogens is 436 g/mol. The van der Waals surface area contributed by atoms with Gasteiger partial charge >= 0.3 is 0 Å². The van der Waals surface area contributed by atoms with Crippen molar-refractivity contribution < 1.29 is 18.3 Å². The van der Waals surface area contributed by atoms with Crippen molar-refractivity contribution in [1.82, 2.24) is 14.7 Å². The number of hydrogen-bond acceptors (Lipinski definition) is 3. The molecule has 0 unspecified atom stereocenters. The first-order chi connectivity index (χ1) is 16.3. The molecule has 0 atom stereocenters. The highest BCUT2D eigenvalue weighted by Crippen LogP contribution is 2.55. The molecule has 1 spiro atoms. The van der Waals surface area contributed by atoms with Crippen molar-refractivity contribution in [3.05, 3.63) is 70.9 Å². The molecule has 3 aliphatic rings. The third-order valence-corrected chi connectivity index (χ3v) is 7.44. The number of carbonyl (C=O) groups is 1. The van der Waals surface area contributed by atoms with Crippen LogP contribution < -0.4 is 4.74 Å². The van der Waals surface area contributed by atoms with E-state index in [1.54, 1.807) is 6.07 Å². The van der Waals surface area contributed by atoms with Gasteiger partial charge in [-0.05, 0) is 81.0 Å². The molecule has 1 amide bonds. The second-order valence-corrected chi connectivity index (χ2v) is 10.3. The smallest absolute Gasteiger partial charge is 0.257 e. The normalized spacial score (nSPS) is 19.1.